The Morgan fingerprint density at radius 3 is 2.74 bits per heavy atom. The van der Waals surface area contributed by atoms with Gasteiger partial charge in [-0.2, -0.15) is 5.26 Å². The van der Waals surface area contributed by atoms with Gasteiger partial charge < -0.3 is 10.2 Å². The van der Waals surface area contributed by atoms with Crippen LogP contribution in [0.1, 0.15) is 30.5 Å². The molecule has 0 saturated heterocycles. The number of carbonyl (C=O) groups is 1. The van der Waals surface area contributed by atoms with E-state index in [0.29, 0.717) is 12.1 Å². The fourth-order valence-corrected chi connectivity index (χ4v) is 1.95. The number of rotatable bonds is 6. The van der Waals surface area contributed by atoms with Gasteiger partial charge in [-0.25, -0.2) is 0 Å². The molecule has 0 aromatic heterocycles. The molecule has 1 atom stereocenters. The van der Waals surface area contributed by atoms with E-state index in [4.69, 9.17) is 5.11 Å². The van der Waals surface area contributed by atoms with Crippen LogP contribution in [0.15, 0.2) is 18.2 Å². The van der Waals surface area contributed by atoms with E-state index in [9.17, 15) is 15.2 Å². The van der Waals surface area contributed by atoms with E-state index in [1.807, 2.05) is 13.8 Å². The zero-order valence-electron chi connectivity index (χ0n) is 11.1. The number of hydrogen-bond acceptors (Lipinski definition) is 4. The van der Waals surface area contributed by atoms with Gasteiger partial charge in [-0.3, -0.25) is 9.69 Å². The lowest BCUT2D eigenvalue weighted by atomic mass is 10.0. The molecule has 0 saturated carbocycles. The number of phenolic OH excluding ortho intramolecular Hbond substituents is 1. The van der Waals surface area contributed by atoms with Crippen molar-refractivity contribution in [2.24, 2.45) is 0 Å². The lowest BCUT2D eigenvalue weighted by molar-refractivity contribution is -0.137. The molecular weight excluding hydrogens is 244 g/mol. The standard InChI is InChI=1S/C14H18N2O3/c1-3-16(7-6-14(18)19)12(9-15)11-8-10(2)4-5-13(11)17/h4-5,8,12,17H,3,6-7H2,1-2H3,(H,18,19). The van der Waals surface area contributed by atoms with Crippen molar-refractivity contribution in [3.05, 3.63) is 29.3 Å². The predicted octanol–water partition coefficient (Wildman–Crippen LogP) is 2.06. The van der Waals surface area contributed by atoms with Gasteiger partial charge in [0.2, 0.25) is 0 Å². The van der Waals surface area contributed by atoms with Gasteiger partial charge >= 0.3 is 5.97 Å². The van der Waals surface area contributed by atoms with E-state index in [1.165, 1.54) is 0 Å². The van der Waals surface area contributed by atoms with Crippen molar-refractivity contribution >= 4 is 5.97 Å². The van der Waals surface area contributed by atoms with Crippen molar-refractivity contribution in [1.29, 1.82) is 5.26 Å². The summed E-state index contributed by atoms with van der Waals surface area (Å²) >= 11 is 0. The van der Waals surface area contributed by atoms with E-state index < -0.39 is 12.0 Å². The molecule has 102 valence electrons. The third-order valence-corrected chi connectivity index (χ3v) is 2.98. The first-order chi connectivity index (χ1) is 8.99. The van der Waals surface area contributed by atoms with Crippen LogP contribution in [0.3, 0.4) is 0 Å². The van der Waals surface area contributed by atoms with Gasteiger partial charge in [0.15, 0.2) is 0 Å². The lowest BCUT2D eigenvalue weighted by Crippen LogP contribution is -2.30. The largest absolute Gasteiger partial charge is 0.508 e. The van der Waals surface area contributed by atoms with E-state index >= 15 is 0 Å². The van der Waals surface area contributed by atoms with Gasteiger partial charge in [-0.05, 0) is 25.6 Å². The Balaban J connectivity index is 3.00. The van der Waals surface area contributed by atoms with Gasteiger partial charge in [-0.15, -0.1) is 0 Å². The van der Waals surface area contributed by atoms with Gasteiger partial charge in [0.1, 0.15) is 11.8 Å². The van der Waals surface area contributed by atoms with Crippen LogP contribution in [0.4, 0.5) is 0 Å². The zero-order valence-corrected chi connectivity index (χ0v) is 11.1. The van der Waals surface area contributed by atoms with Gasteiger partial charge in [0, 0.05) is 12.1 Å². The van der Waals surface area contributed by atoms with Crippen LogP contribution < -0.4 is 0 Å². The van der Waals surface area contributed by atoms with Crippen LogP contribution in [0.5, 0.6) is 5.75 Å². The first-order valence-electron chi connectivity index (χ1n) is 6.14. The summed E-state index contributed by atoms with van der Waals surface area (Å²) < 4.78 is 0. The average Bonchev–Trinajstić information content (AvgIpc) is 2.37. The third kappa shape index (κ3) is 3.97. The number of phenols is 1. The molecule has 0 amide bonds. The van der Waals surface area contributed by atoms with Crippen LogP contribution in [0, 0.1) is 18.3 Å². The molecule has 0 aliphatic heterocycles. The van der Waals surface area contributed by atoms with Crippen molar-refractivity contribution in [2.45, 2.75) is 26.3 Å². The first kappa shape index (κ1) is 15.0. The highest BCUT2D eigenvalue weighted by atomic mass is 16.4. The molecule has 0 spiro atoms. The number of aromatic hydroxyl groups is 1. The number of nitriles is 1. The van der Waals surface area contributed by atoms with Gasteiger partial charge in [0.25, 0.3) is 0 Å². The molecule has 0 aliphatic rings. The average molecular weight is 262 g/mol. The van der Waals surface area contributed by atoms with Crippen molar-refractivity contribution in [2.75, 3.05) is 13.1 Å². The minimum atomic E-state index is -0.899. The maximum Gasteiger partial charge on any atom is 0.304 e. The summed E-state index contributed by atoms with van der Waals surface area (Å²) in [4.78, 5) is 12.4. The minimum absolute atomic E-state index is 0.0292. The summed E-state index contributed by atoms with van der Waals surface area (Å²) in [6, 6.07) is 6.58. The summed E-state index contributed by atoms with van der Waals surface area (Å²) in [5, 5.41) is 27.9. The van der Waals surface area contributed by atoms with Crippen LogP contribution in [0.25, 0.3) is 0 Å². The maximum atomic E-state index is 10.6. The predicted molar refractivity (Wildman–Crippen MR) is 70.7 cm³/mol. The highest BCUT2D eigenvalue weighted by molar-refractivity contribution is 5.66. The van der Waals surface area contributed by atoms with Crippen molar-refractivity contribution < 1.29 is 15.0 Å². The second-order valence-electron chi connectivity index (χ2n) is 4.37. The summed E-state index contributed by atoms with van der Waals surface area (Å²) in [6.07, 6.45) is -0.0292. The van der Waals surface area contributed by atoms with E-state index in [-0.39, 0.29) is 18.7 Å². The van der Waals surface area contributed by atoms with Crippen LogP contribution in [-0.2, 0) is 4.79 Å². The van der Waals surface area contributed by atoms with E-state index in [1.54, 1.807) is 23.1 Å². The maximum absolute atomic E-state index is 10.6. The second kappa shape index (κ2) is 6.76. The smallest absolute Gasteiger partial charge is 0.304 e. The molecule has 5 nitrogen and oxygen atoms in total. The van der Waals surface area contributed by atoms with E-state index in [0.717, 1.165) is 5.56 Å². The zero-order chi connectivity index (χ0) is 14.4. The van der Waals surface area contributed by atoms with Crippen LogP contribution >= 0.6 is 0 Å². The van der Waals surface area contributed by atoms with Crippen LogP contribution in [0.2, 0.25) is 0 Å². The number of carboxylic acid groups (broad SMARTS) is 1. The Kier molecular flexibility index (Phi) is 5.34. The monoisotopic (exact) mass is 262 g/mol. The number of hydrogen-bond donors (Lipinski definition) is 2. The Labute approximate surface area is 112 Å². The Bertz CT molecular complexity index is 494. The molecule has 0 heterocycles. The fraction of sp³-hybridized carbons (Fsp3) is 0.429. The first-order valence-corrected chi connectivity index (χ1v) is 6.14. The summed E-state index contributed by atoms with van der Waals surface area (Å²) in [6.45, 7) is 4.56. The normalized spacial score (nSPS) is 12.1. The molecule has 19 heavy (non-hydrogen) atoms. The number of aryl methyl sites for hydroxylation is 1. The number of carboxylic acids is 1. The number of aliphatic carboxylic acids is 1. The molecular formula is C14H18N2O3. The molecule has 1 aromatic carbocycles. The van der Waals surface area contributed by atoms with Crippen molar-refractivity contribution in [3.8, 4) is 11.8 Å². The molecule has 0 radical (unpaired) electrons. The summed E-state index contributed by atoms with van der Waals surface area (Å²) in [5.74, 6) is -0.838. The fourth-order valence-electron chi connectivity index (χ4n) is 1.95. The lowest BCUT2D eigenvalue weighted by Gasteiger charge is -2.26. The molecule has 5 heteroatoms. The molecule has 0 fully saturated rings. The van der Waals surface area contributed by atoms with Crippen molar-refractivity contribution in [3.63, 3.8) is 0 Å². The number of benzene rings is 1. The summed E-state index contributed by atoms with van der Waals surface area (Å²) in [5.41, 5.74) is 1.47. The SMILES string of the molecule is CCN(CCC(=O)O)C(C#N)c1cc(C)ccc1O. The summed E-state index contributed by atoms with van der Waals surface area (Å²) in [7, 11) is 0. The Hall–Kier alpha value is -2.06. The second-order valence-corrected chi connectivity index (χ2v) is 4.37. The van der Waals surface area contributed by atoms with Crippen LogP contribution in [-0.4, -0.2) is 34.2 Å². The van der Waals surface area contributed by atoms with E-state index in [2.05, 4.69) is 6.07 Å². The molecule has 1 aromatic rings. The Morgan fingerprint density at radius 2 is 2.21 bits per heavy atom. The third-order valence-electron chi connectivity index (χ3n) is 2.98. The quantitative estimate of drug-likeness (QED) is 0.819. The van der Waals surface area contributed by atoms with Crippen molar-refractivity contribution in [1.82, 2.24) is 4.90 Å². The molecule has 1 unspecified atom stereocenters. The highest BCUT2D eigenvalue weighted by Crippen LogP contribution is 2.29. The molecule has 0 aliphatic carbocycles. The van der Waals surface area contributed by atoms with Gasteiger partial charge in [-0.1, -0.05) is 18.6 Å². The molecule has 0 bridgehead atoms. The molecule has 1 rings (SSSR count). The topological polar surface area (TPSA) is 84.6 Å². The van der Waals surface area contributed by atoms with Gasteiger partial charge in [0.05, 0.1) is 12.5 Å². The molecule has 2 N–H and O–H groups in total. The Morgan fingerprint density at radius 1 is 1.53 bits per heavy atom. The minimum Gasteiger partial charge on any atom is -0.508 e. The number of nitrogens with zero attached hydrogens (tertiary/aromatic N) is 2. The highest BCUT2D eigenvalue weighted by Gasteiger charge is 2.22.